The highest BCUT2D eigenvalue weighted by Crippen LogP contribution is 2.33. The van der Waals surface area contributed by atoms with Gasteiger partial charge >= 0.3 is 0 Å². The molecule has 0 spiro atoms. The van der Waals surface area contributed by atoms with Crippen LogP contribution in [0.25, 0.3) is 11.3 Å². The van der Waals surface area contributed by atoms with Crippen molar-refractivity contribution >= 4 is 0 Å². The number of nitrogens with zero attached hydrogens (tertiary/aromatic N) is 2. The standard InChI is InChI=1S/C15H21N3O/c1-10-6-7-14(19-5)12(8-10)15-11(2)13(9-16-3)18(4)17-15/h6-8,16H,9H2,1-5H3. The first kappa shape index (κ1) is 13.6. The molecule has 0 radical (unpaired) electrons. The third kappa shape index (κ3) is 2.49. The minimum Gasteiger partial charge on any atom is -0.496 e. The highest BCUT2D eigenvalue weighted by Gasteiger charge is 2.16. The van der Waals surface area contributed by atoms with Crippen LogP contribution in [0.2, 0.25) is 0 Å². The lowest BCUT2D eigenvalue weighted by Crippen LogP contribution is -2.10. The summed E-state index contributed by atoms with van der Waals surface area (Å²) in [4.78, 5) is 0. The van der Waals surface area contributed by atoms with Gasteiger partial charge in [0.2, 0.25) is 0 Å². The second-order valence-corrected chi connectivity index (χ2v) is 4.78. The molecule has 1 aromatic heterocycles. The Morgan fingerprint density at radius 3 is 2.68 bits per heavy atom. The molecule has 4 nitrogen and oxygen atoms in total. The highest BCUT2D eigenvalue weighted by atomic mass is 16.5. The van der Waals surface area contributed by atoms with E-state index in [1.165, 1.54) is 16.8 Å². The Hall–Kier alpha value is -1.81. The highest BCUT2D eigenvalue weighted by molar-refractivity contribution is 5.71. The minimum atomic E-state index is 0.809. The van der Waals surface area contributed by atoms with Crippen LogP contribution in [0.5, 0.6) is 5.75 Å². The molecule has 0 bridgehead atoms. The van der Waals surface area contributed by atoms with E-state index in [2.05, 4.69) is 36.4 Å². The summed E-state index contributed by atoms with van der Waals surface area (Å²) in [6.07, 6.45) is 0. The van der Waals surface area contributed by atoms with E-state index in [1.54, 1.807) is 7.11 Å². The van der Waals surface area contributed by atoms with Gasteiger partial charge < -0.3 is 10.1 Å². The van der Waals surface area contributed by atoms with E-state index in [0.717, 1.165) is 23.6 Å². The van der Waals surface area contributed by atoms with Gasteiger partial charge in [0, 0.05) is 19.2 Å². The Kier molecular flexibility index (Phi) is 3.90. The van der Waals surface area contributed by atoms with Gasteiger partial charge in [0.05, 0.1) is 18.5 Å². The molecule has 0 fully saturated rings. The Morgan fingerprint density at radius 2 is 2.05 bits per heavy atom. The van der Waals surface area contributed by atoms with Crippen LogP contribution >= 0.6 is 0 Å². The molecule has 19 heavy (non-hydrogen) atoms. The van der Waals surface area contributed by atoms with Crippen molar-refractivity contribution in [3.8, 4) is 17.0 Å². The second kappa shape index (κ2) is 5.45. The molecule has 1 N–H and O–H groups in total. The predicted octanol–water partition coefficient (Wildman–Crippen LogP) is 2.43. The Labute approximate surface area is 114 Å². The van der Waals surface area contributed by atoms with Crippen molar-refractivity contribution in [2.45, 2.75) is 20.4 Å². The van der Waals surface area contributed by atoms with E-state index in [4.69, 9.17) is 4.74 Å². The number of nitrogens with one attached hydrogen (secondary N) is 1. The van der Waals surface area contributed by atoms with Crippen molar-refractivity contribution in [1.82, 2.24) is 15.1 Å². The van der Waals surface area contributed by atoms with E-state index in [9.17, 15) is 0 Å². The number of rotatable bonds is 4. The normalized spacial score (nSPS) is 10.8. The predicted molar refractivity (Wildman–Crippen MR) is 77.4 cm³/mol. The zero-order valence-corrected chi connectivity index (χ0v) is 12.2. The number of hydrogen-bond acceptors (Lipinski definition) is 3. The van der Waals surface area contributed by atoms with Crippen LogP contribution in [0.15, 0.2) is 18.2 Å². The van der Waals surface area contributed by atoms with E-state index in [0.29, 0.717) is 0 Å². The lowest BCUT2D eigenvalue weighted by Gasteiger charge is -2.08. The number of aromatic nitrogens is 2. The fraction of sp³-hybridized carbons (Fsp3) is 0.400. The number of aryl methyl sites for hydroxylation is 2. The van der Waals surface area contributed by atoms with Crippen molar-refractivity contribution in [2.75, 3.05) is 14.2 Å². The van der Waals surface area contributed by atoms with Crippen LogP contribution in [-0.2, 0) is 13.6 Å². The molecule has 1 heterocycles. The molecule has 0 aliphatic carbocycles. The first-order chi connectivity index (χ1) is 9.08. The second-order valence-electron chi connectivity index (χ2n) is 4.78. The molecular weight excluding hydrogens is 238 g/mol. The fourth-order valence-electron chi connectivity index (χ4n) is 2.34. The zero-order valence-electron chi connectivity index (χ0n) is 12.2. The van der Waals surface area contributed by atoms with Crippen molar-refractivity contribution < 1.29 is 4.74 Å². The quantitative estimate of drug-likeness (QED) is 0.916. The molecule has 0 saturated carbocycles. The smallest absolute Gasteiger partial charge is 0.128 e. The third-order valence-corrected chi connectivity index (χ3v) is 3.38. The number of ether oxygens (including phenoxy) is 1. The average molecular weight is 259 g/mol. The molecule has 102 valence electrons. The maximum atomic E-state index is 5.45. The van der Waals surface area contributed by atoms with Gasteiger partial charge in [-0.15, -0.1) is 0 Å². The monoisotopic (exact) mass is 259 g/mol. The SMILES string of the molecule is CNCc1c(C)c(-c2cc(C)ccc2OC)nn1C. The van der Waals surface area contributed by atoms with E-state index in [1.807, 2.05) is 24.8 Å². The number of hydrogen-bond donors (Lipinski definition) is 1. The summed E-state index contributed by atoms with van der Waals surface area (Å²) >= 11 is 0. The summed E-state index contributed by atoms with van der Waals surface area (Å²) in [5, 5.41) is 7.82. The fourth-order valence-corrected chi connectivity index (χ4v) is 2.34. The molecule has 0 aliphatic rings. The van der Waals surface area contributed by atoms with Crippen LogP contribution in [-0.4, -0.2) is 23.9 Å². The molecule has 1 aromatic carbocycles. The third-order valence-electron chi connectivity index (χ3n) is 3.38. The molecule has 0 aliphatic heterocycles. The van der Waals surface area contributed by atoms with E-state index < -0.39 is 0 Å². The molecule has 0 atom stereocenters. The van der Waals surface area contributed by atoms with E-state index in [-0.39, 0.29) is 0 Å². The molecule has 0 unspecified atom stereocenters. The maximum Gasteiger partial charge on any atom is 0.128 e. The van der Waals surface area contributed by atoms with Gasteiger partial charge in [-0.1, -0.05) is 11.6 Å². The average Bonchev–Trinajstić information content (AvgIpc) is 2.67. The Morgan fingerprint density at radius 1 is 1.32 bits per heavy atom. The summed E-state index contributed by atoms with van der Waals surface area (Å²) in [7, 11) is 5.62. The number of benzene rings is 1. The molecule has 0 saturated heterocycles. The zero-order chi connectivity index (χ0) is 14.0. The Bertz CT molecular complexity index is 587. The summed E-state index contributed by atoms with van der Waals surface area (Å²) in [5.41, 5.74) is 5.64. The van der Waals surface area contributed by atoms with Gasteiger partial charge in [0.1, 0.15) is 5.75 Å². The molecule has 2 rings (SSSR count). The van der Waals surface area contributed by atoms with Crippen molar-refractivity contribution in [1.29, 1.82) is 0 Å². The minimum absolute atomic E-state index is 0.809. The van der Waals surface area contributed by atoms with Gasteiger partial charge in [0.25, 0.3) is 0 Å². The summed E-state index contributed by atoms with van der Waals surface area (Å²) < 4.78 is 7.39. The van der Waals surface area contributed by atoms with Gasteiger partial charge in [-0.3, -0.25) is 4.68 Å². The van der Waals surface area contributed by atoms with Crippen LogP contribution in [0.1, 0.15) is 16.8 Å². The summed E-state index contributed by atoms with van der Waals surface area (Å²) in [6.45, 7) is 5.00. The largest absolute Gasteiger partial charge is 0.496 e. The van der Waals surface area contributed by atoms with E-state index >= 15 is 0 Å². The van der Waals surface area contributed by atoms with Crippen LogP contribution in [0.4, 0.5) is 0 Å². The van der Waals surface area contributed by atoms with Crippen LogP contribution in [0.3, 0.4) is 0 Å². The summed E-state index contributed by atoms with van der Waals surface area (Å²) in [6, 6.07) is 6.17. The van der Waals surface area contributed by atoms with Crippen molar-refractivity contribution in [2.24, 2.45) is 7.05 Å². The van der Waals surface area contributed by atoms with Crippen LogP contribution < -0.4 is 10.1 Å². The molecular formula is C15H21N3O. The molecule has 4 heteroatoms. The molecule has 0 amide bonds. The van der Waals surface area contributed by atoms with Gasteiger partial charge in [0.15, 0.2) is 0 Å². The van der Waals surface area contributed by atoms with Gasteiger partial charge in [-0.05, 0) is 38.6 Å². The van der Waals surface area contributed by atoms with Gasteiger partial charge in [-0.2, -0.15) is 5.10 Å². The summed E-state index contributed by atoms with van der Waals surface area (Å²) in [5.74, 6) is 0.864. The lowest BCUT2D eigenvalue weighted by molar-refractivity contribution is 0.416. The number of methoxy groups -OCH3 is 1. The lowest BCUT2D eigenvalue weighted by atomic mass is 10.0. The Balaban J connectivity index is 2.59. The topological polar surface area (TPSA) is 39.1 Å². The first-order valence-electron chi connectivity index (χ1n) is 6.40. The first-order valence-corrected chi connectivity index (χ1v) is 6.40. The van der Waals surface area contributed by atoms with Crippen LogP contribution in [0, 0.1) is 13.8 Å². The molecule has 2 aromatic rings. The van der Waals surface area contributed by atoms with Crippen molar-refractivity contribution in [3.63, 3.8) is 0 Å². The van der Waals surface area contributed by atoms with Crippen molar-refractivity contribution in [3.05, 3.63) is 35.0 Å². The van der Waals surface area contributed by atoms with Gasteiger partial charge in [-0.25, -0.2) is 0 Å². The maximum absolute atomic E-state index is 5.45.